The molecule has 2 fully saturated rings. The standard InChI is InChI=1S/C19H28N2O2/c1-2-23-17-5-3-16(4-6-17)8-14-21-15-19(9-7-18(21)22)10-12-20-13-11-19/h3-6,20H,2,7-15H2,1H3. The first-order valence-electron chi connectivity index (χ1n) is 8.91. The van der Waals surface area contributed by atoms with Crippen LogP contribution < -0.4 is 10.1 Å². The minimum absolute atomic E-state index is 0.333. The van der Waals surface area contributed by atoms with Crippen LogP contribution in [0.25, 0.3) is 0 Å². The summed E-state index contributed by atoms with van der Waals surface area (Å²) in [5.41, 5.74) is 1.64. The first kappa shape index (κ1) is 16.3. The molecule has 0 aliphatic carbocycles. The smallest absolute Gasteiger partial charge is 0.222 e. The van der Waals surface area contributed by atoms with E-state index >= 15 is 0 Å². The maximum absolute atomic E-state index is 12.3. The fourth-order valence-electron chi connectivity index (χ4n) is 3.85. The summed E-state index contributed by atoms with van der Waals surface area (Å²) in [4.78, 5) is 14.4. The molecule has 2 aliphatic heterocycles. The van der Waals surface area contributed by atoms with Crippen LogP contribution in [-0.2, 0) is 11.2 Å². The van der Waals surface area contributed by atoms with Crippen molar-refractivity contribution in [1.82, 2.24) is 10.2 Å². The average molecular weight is 316 g/mol. The highest BCUT2D eigenvalue weighted by atomic mass is 16.5. The Balaban J connectivity index is 1.56. The Hall–Kier alpha value is -1.55. The number of amides is 1. The molecule has 1 N–H and O–H groups in total. The van der Waals surface area contributed by atoms with Crippen molar-refractivity contribution in [2.75, 3.05) is 32.8 Å². The number of piperidine rings is 2. The summed E-state index contributed by atoms with van der Waals surface area (Å²) < 4.78 is 5.48. The molecule has 0 unspecified atom stereocenters. The van der Waals surface area contributed by atoms with Gasteiger partial charge in [0.15, 0.2) is 0 Å². The molecule has 2 heterocycles. The van der Waals surface area contributed by atoms with Gasteiger partial charge in [-0.2, -0.15) is 0 Å². The molecule has 1 aromatic carbocycles. The van der Waals surface area contributed by atoms with Crippen molar-refractivity contribution in [2.45, 2.75) is 39.0 Å². The molecule has 0 radical (unpaired) electrons. The van der Waals surface area contributed by atoms with Gasteiger partial charge < -0.3 is 15.0 Å². The number of hydrogen-bond acceptors (Lipinski definition) is 3. The second-order valence-electron chi connectivity index (χ2n) is 6.89. The molecule has 0 bridgehead atoms. The van der Waals surface area contributed by atoms with Crippen molar-refractivity contribution >= 4 is 5.91 Å². The van der Waals surface area contributed by atoms with Gasteiger partial charge in [-0.15, -0.1) is 0 Å². The molecule has 23 heavy (non-hydrogen) atoms. The third-order valence-electron chi connectivity index (χ3n) is 5.32. The molecular weight excluding hydrogens is 288 g/mol. The maximum atomic E-state index is 12.3. The number of nitrogens with one attached hydrogen (secondary N) is 1. The number of benzene rings is 1. The van der Waals surface area contributed by atoms with Crippen molar-refractivity contribution in [3.8, 4) is 5.75 Å². The van der Waals surface area contributed by atoms with E-state index < -0.39 is 0 Å². The predicted molar refractivity (Wildman–Crippen MR) is 91.7 cm³/mol. The average Bonchev–Trinajstić information content (AvgIpc) is 2.58. The van der Waals surface area contributed by atoms with E-state index in [2.05, 4.69) is 22.3 Å². The minimum atomic E-state index is 0.333. The second-order valence-corrected chi connectivity index (χ2v) is 6.89. The van der Waals surface area contributed by atoms with E-state index in [9.17, 15) is 4.79 Å². The molecule has 4 nitrogen and oxygen atoms in total. The number of carbonyl (C=O) groups excluding carboxylic acids is 1. The van der Waals surface area contributed by atoms with Crippen LogP contribution in [0.1, 0.15) is 38.2 Å². The van der Waals surface area contributed by atoms with Gasteiger partial charge in [-0.05, 0) is 68.8 Å². The normalized spacial score (nSPS) is 20.7. The summed E-state index contributed by atoms with van der Waals surface area (Å²) in [7, 11) is 0. The predicted octanol–water partition coefficient (Wildman–Crippen LogP) is 2.62. The van der Waals surface area contributed by atoms with Crippen LogP contribution in [0.15, 0.2) is 24.3 Å². The maximum Gasteiger partial charge on any atom is 0.222 e. The number of carbonyl (C=O) groups is 1. The van der Waals surface area contributed by atoms with Crippen LogP contribution in [-0.4, -0.2) is 43.6 Å². The first-order valence-corrected chi connectivity index (χ1v) is 8.91. The van der Waals surface area contributed by atoms with Crippen LogP contribution in [0.4, 0.5) is 0 Å². The lowest BCUT2D eigenvalue weighted by Gasteiger charge is -2.45. The van der Waals surface area contributed by atoms with Crippen LogP contribution in [0.3, 0.4) is 0 Å². The Bertz CT molecular complexity index is 521. The van der Waals surface area contributed by atoms with E-state index in [0.29, 0.717) is 17.9 Å². The molecule has 4 heteroatoms. The Morgan fingerprint density at radius 1 is 1.17 bits per heavy atom. The van der Waals surface area contributed by atoms with Crippen molar-refractivity contribution < 1.29 is 9.53 Å². The van der Waals surface area contributed by atoms with Crippen molar-refractivity contribution in [3.63, 3.8) is 0 Å². The van der Waals surface area contributed by atoms with Crippen LogP contribution >= 0.6 is 0 Å². The van der Waals surface area contributed by atoms with Crippen LogP contribution in [0, 0.1) is 5.41 Å². The first-order chi connectivity index (χ1) is 11.2. The minimum Gasteiger partial charge on any atom is -0.494 e. The Morgan fingerprint density at radius 3 is 2.61 bits per heavy atom. The van der Waals surface area contributed by atoms with Gasteiger partial charge >= 0.3 is 0 Å². The molecule has 3 rings (SSSR count). The zero-order chi connectivity index (χ0) is 16.1. The lowest BCUT2D eigenvalue weighted by Crippen LogP contribution is -2.51. The highest BCUT2D eigenvalue weighted by Crippen LogP contribution is 2.38. The zero-order valence-corrected chi connectivity index (χ0v) is 14.1. The molecule has 2 aliphatic rings. The number of rotatable bonds is 5. The van der Waals surface area contributed by atoms with Gasteiger partial charge in [0.25, 0.3) is 0 Å². The zero-order valence-electron chi connectivity index (χ0n) is 14.1. The van der Waals surface area contributed by atoms with Crippen molar-refractivity contribution in [3.05, 3.63) is 29.8 Å². The lowest BCUT2D eigenvalue weighted by molar-refractivity contribution is -0.138. The largest absolute Gasteiger partial charge is 0.494 e. The summed E-state index contributed by atoms with van der Waals surface area (Å²) in [6.07, 6.45) is 5.14. The highest BCUT2D eigenvalue weighted by Gasteiger charge is 2.39. The monoisotopic (exact) mass is 316 g/mol. The van der Waals surface area contributed by atoms with E-state index in [4.69, 9.17) is 4.74 Å². The molecule has 0 aromatic heterocycles. The van der Waals surface area contributed by atoms with Gasteiger partial charge in [0.05, 0.1) is 6.61 Å². The van der Waals surface area contributed by atoms with Crippen LogP contribution in [0.2, 0.25) is 0 Å². The van der Waals surface area contributed by atoms with Crippen molar-refractivity contribution in [1.29, 1.82) is 0 Å². The molecule has 1 amide bonds. The number of nitrogens with zero attached hydrogens (tertiary/aromatic N) is 1. The fraction of sp³-hybridized carbons (Fsp3) is 0.632. The molecule has 126 valence electrons. The van der Waals surface area contributed by atoms with E-state index in [1.807, 2.05) is 19.1 Å². The van der Waals surface area contributed by atoms with Crippen molar-refractivity contribution in [2.24, 2.45) is 5.41 Å². The van der Waals surface area contributed by atoms with Gasteiger partial charge in [0.1, 0.15) is 5.75 Å². The SMILES string of the molecule is CCOc1ccc(CCN2CC3(CCNCC3)CCC2=O)cc1. The van der Waals surface area contributed by atoms with Gasteiger partial charge in [0, 0.05) is 19.5 Å². The summed E-state index contributed by atoms with van der Waals surface area (Å²) in [5.74, 6) is 1.25. The summed E-state index contributed by atoms with van der Waals surface area (Å²) in [6.45, 7) is 6.67. The Morgan fingerprint density at radius 2 is 1.91 bits per heavy atom. The molecular formula is C19H28N2O2. The Kier molecular flexibility index (Phi) is 5.21. The van der Waals surface area contributed by atoms with E-state index in [1.54, 1.807) is 0 Å². The Labute approximate surface area is 139 Å². The van der Waals surface area contributed by atoms with Gasteiger partial charge in [0.2, 0.25) is 5.91 Å². The topological polar surface area (TPSA) is 41.6 Å². The third-order valence-corrected chi connectivity index (χ3v) is 5.32. The quantitative estimate of drug-likeness (QED) is 0.908. The lowest BCUT2D eigenvalue weighted by atomic mass is 9.72. The molecule has 1 aromatic rings. The molecule has 0 atom stereocenters. The summed E-state index contributed by atoms with van der Waals surface area (Å²) >= 11 is 0. The van der Waals surface area contributed by atoms with E-state index in [-0.39, 0.29) is 0 Å². The van der Waals surface area contributed by atoms with E-state index in [1.165, 1.54) is 18.4 Å². The van der Waals surface area contributed by atoms with Gasteiger partial charge in [-0.1, -0.05) is 12.1 Å². The molecule has 0 saturated carbocycles. The fourth-order valence-corrected chi connectivity index (χ4v) is 3.85. The third kappa shape index (κ3) is 4.05. The number of likely N-dealkylation sites (tertiary alicyclic amines) is 1. The number of hydrogen-bond donors (Lipinski definition) is 1. The highest BCUT2D eigenvalue weighted by molar-refractivity contribution is 5.77. The summed E-state index contributed by atoms with van der Waals surface area (Å²) in [6, 6.07) is 8.26. The molecule has 1 spiro atoms. The number of ether oxygens (including phenoxy) is 1. The van der Waals surface area contributed by atoms with Crippen LogP contribution in [0.5, 0.6) is 5.75 Å². The van der Waals surface area contributed by atoms with Gasteiger partial charge in [-0.3, -0.25) is 4.79 Å². The van der Waals surface area contributed by atoms with Gasteiger partial charge in [-0.25, -0.2) is 0 Å². The van der Waals surface area contributed by atoms with E-state index in [0.717, 1.165) is 51.2 Å². The summed E-state index contributed by atoms with van der Waals surface area (Å²) in [5, 5.41) is 3.44. The molecule has 2 saturated heterocycles. The second kappa shape index (κ2) is 7.35.